The number of ether oxygens (including phenoxy) is 2. The van der Waals surface area contributed by atoms with Crippen LogP contribution in [0.1, 0.15) is 34.3 Å². The van der Waals surface area contributed by atoms with Crippen molar-refractivity contribution in [3.8, 4) is 0 Å². The van der Waals surface area contributed by atoms with Gasteiger partial charge in [-0.05, 0) is 48.9 Å². The minimum Gasteiger partial charge on any atom is -0.385 e. The predicted molar refractivity (Wildman–Crippen MR) is 80.6 cm³/mol. The molecule has 1 amide bonds. The lowest BCUT2D eigenvalue weighted by Gasteiger charge is -2.33. The second-order valence-electron chi connectivity index (χ2n) is 5.86. The fourth-order valence-electron chi connectivity index (χ4n) is 3.22. The van der Waals surface area contributed by atoms with Crippen molar-refractivity contribution < 1.29 is 14.3 Å². The van der Waals surface area contributed by atoms with Crippen LogP contribution in [0.5, 0.6) is 0 Å². The van der Waals surface area contributed by atoms with E-state index < -0.39 is 0 Å². The van der Waals surface area contributed by atoms with Crippen molar-refractivity contribution in [2.24, 2.45) is 0 Å². The Morgan fingerprint density at radius 3 is 3.10 bits per heavy atom. The summed E-state index contributed by atoms with van der Waals surface area (Å²) in [6.45, 7) is 2.63. The molecule has 0 bridgehead atoms. The van der Waals surface area contributed by atoms with Crippen LogP contribution in [-0.4, -0.2) is 50.3 Å². The molecule has 1 fully saturated rings. The Bertz CT molecular complexity index is 515. The number of carbonyl (C=O) groups is 1. The third kappa shape index (κ3) is 3.27. The molecule has 4 nitrogen and oxygen atoms in total. The summed E-state index contributed by atoms with van der Waals surface area (Å²) in [5.41, 5.74) is 3.58. The highest BCUT2D eigenvalue weighted by Gasteiger charge is 2.25. The van der Waals surface area contributed by atoms with Crippen molar-refractivity contribution >= 4 is 5.91 Å². The number of rotatable bonds is 4. The molecule has 0 spiro atoms. The van der Waals surface area contributed by atoms with Crippen molar-refractivity contribution in [3.05, 3.63) is 34.9 Å². The number of methoxy groups -OCH3 is 1. The molecule has 0 aromatic heterocycles. The van der Waals surface area contributed by atoms with Crippen LogP contribution in [0.2, 0.25) is 0 Å². The lowest BCUT2D eigenvalue weighted by atomic mass is 10.0. The van der Waals surface area contributed by atoms with Crippen LogP contribution < -0.4 is 0 Å². The van der Waals surface area contributed by atoms with Gasteiger partial charge in [0, 0.05) is 32.4 Å². The highest BCUT2D eigenvalue weighted by atomic mass is 16.5. The zero-order valence-corrected chi connectivity index (χ0v) is 12.6. The highest BCUT2D eigenvalue weighted by molar-refractivity contribution is 5.94. The second kappa shape index (κ2) is 6.58. The summed E-state index contributed by atoms with van der Waals surface area (Å²) in [6, 6.07) is 6.19. The number of hydrogen-bond donors (Lipinski definition) is 0. The van der Waals surface area contributed by atoms with Crippen molar-refractivity contribution in [2.45, 2.75) is 31.8 Å². The maximum Gasteiger partial charge on any atom is 0.254 e. The zero-order chi connectivity index (χ0) is 14.7. The summed E-state index contributed by atoms with van der Waals surface area (Å²) < 4.78 is 10.8. The molecule has 0 radical (unpaired) electrons. The van der Waals surface area contributed by atoms with E-state index in [1.54, 1.807) is 7.11 Å². The number of morpholine rings is 1. The number of aryl methyl sites for hydroxylation is 2. The molecule has 4 heteroatoms. The van der Waals surface area contributed by atoms with Gasteiger partial charge in [0.25, 0.3) is 5.91 Å². The fourth-order valence-corrected chi connectivity index (χ4v) is 3.22. The van der Waals surface area contributed by atoms with E-state index in [0.29, 0.717) is 26.3 Å². The van der Waals surface area contributed by atoms with E-state index in [1.807, 2.05) is 11.0 Å². The zero-order valence-electron chi connectivity index (χ0n) is 12.6. The van der Waals surface area contributed by atoms with Gasteiger partial charge in [0.1, 0.15) is 0 Å². The van der Waals surface area contributed by atoms with Crippen molar-refractivity contribution in [1.29, 1.82) is 0 Å². The molecular formula is C17H23NO3. The summed E-state index contributed by atoms with van der Waals surface area (Å²) >= 11 is 0. The maximum atomic E-state index is 12.7. The van der Waals surface area contributed by atoms with E-state index in [2.05, 4.69) is 12.1 Å². The first-order valence-corrected chi connectivity index (χ1v) is 7.79. The molecule has 1 atom stereocenters. The Balaban J connectivity index is 1.67. The molecule has 0 N–H and O–H groups in total. The van der Waals surface area contributed by atoms with Gasteiger partial charge in [-0.2, -0.15) is 0 Å². The van der Waals surface area contributed by atoms with Gasteiger partial charge in [0.05, 0.1) is 12.7 Å². The maximum absolute atomic E-state index is 12.7. The van der Waals surface area contributed by atoms with Gasteiger partial charge >= 0.3 is 0 Å². The van der Waals surface area contributed by atoms with E-state index >= 15 is 0 Å². The van der Waals surface area contributed by atoms with Crippen LogP contribution in [0.15, 0.2) is 18.2 Å². The molecule has 2 aliphatic rings. The van der Waals surface area contributed by atoms with E-state index in [4.69, 9.17) is 9.47 Å². The summed E-state index contributed by atoms with van der Waals surface area (Å²) in [7, 11) is 1.69. The molecule has 1 saturated heterocycles. The Morgan fingerprint density at radius 2 is 2.24 bits per heavy atom. The predicted octanol–water partition coefficient (Wildman–Crippen LogP) is 2.05. The van der Waals surface area contributed by atoms with Gasteiger partial charge in [-0.25, -0.2) is 0 Å². The standard InChI is InChI=1S/C17H23NO3/c1-20-9-7-16-12-18(8-10-21-16)17(19)15-6-5-13-3-2-4-14(13)11-15/h5-6,11,16H,2-4,7-10,12H2,1H3/t16-/m0/s1. The van der Waals surface area contributed by atoms with Gasteiger partial charge in [0.15, 0.2) is 0 Å². The number of fused-ring (bicyclic) bond motifs is 1. The first kappa shape index (κ1) is 14.5. The third-order valence-corrected chi connectivity index (χ3v) is 4.42. The van der Waals surface area contributed by atoms with Crippen molar-refractivity contribution in [3.63, 3.8) is 0 Å². The lowest BCUT2D eigenvalue weighted by molar-refractivity contribution is -0.0332. The van der Waals surface area contributed by atoms with Crippen LogP contribution in [0, 0.1) is 0 Å². The molecule has 1 aromatic rings. The summed E-state index contributed by atoms with van der Waals surface area (Å²) in [6.07, 6.45) is 4.40. The average molecular weight is 289 g/mol. The van der Waals surface area contributed by atoms with E-state index in [9.17, 15) is 4.79 Å². The van der Waals surface area contributed by atoms with Crippen LogP contribution in [0.3, 0.4) is 0 Å². The Hall–Kier alpha value is -1.39. The monoisotopic (exact) mass is 289 g/mol. The van der Waals surface area contributed by atoms with Crippen LogP contribution in [-0.2, 0) is 22.3 Å². The topological polar surface area (TPSA) is 38.8 Å². The third-order valence-electron chi connectivity index (χ3n) is 4.42. The van der Waals surface area contributed by atoms with Crippen molar-refractivity contribution in [2.75, 3.05) is 33.4 Å². The van der Waals surface area contributed by atoms with Gasteiger partial charge in [-0.3, -0.25) is 4.79 Å². The number of hydrogen-bond acceptors (Lipinski definition) is 3. The quantitative estimate of drug-likeness (QED) is 0.851. The minimum atomic E-state index is 0.0945. The number of nitrogens with zero attached hydrogens (tertiary/aromatic N) is 1. The summed E-state index contributed by atoms with van der Waals surface area (Å²) in [5, 5.41) is 0. The number of benzene rings is 1. The lowest BCUT2D eigenvalue weighted by Crippen LogP contribution is -2.46. The molecule has 1 aliphatic heterocycles. The molecule has 3 rings (SSSR count). The van der Waals surface area contributed by atoms with E-state index in [0.717, 1.165) is 24.8 Å². The molecule has 0 saturated carbocycles. The molecule has 114 valence electrons. The van der Waals surface area contributed by atoms with Gasteiger partial charge in [-0.15, -0.1) is 0 Å². The normalized spacial score (nSPS) is 21.4. The average Bonchev–Trinajstić information content (AvgIpc) is 3.00. The molecule has 1 aromatic carbocycles. The van der Waals surface area contributed by atoms with E-state index in [1.165, 1.54) is 17.5 Å². The summed E-state index contributed by atoms with van der Waals surface area (Å²) in [5.74, 6) is 0.135. The Kier molecular flexibility index (Phi) is 4.56. The fraction of sp³-hybridized carbons (Fsp3) is 0.588. The molecule has 1 heterocycles. The first-order valence-electron chi connectivity index (χ1n) is 7.79. The molecule has 1 aliphatic carbocycles. The smallest absolute Gasteiger partial charge is 0.254 e. The highest BCUT2D eigenvalue weighted by Crippen LogP contribution is 2.24. The van der Waals surface area contributed by atoms with E-state index in [-0.39, 0.29) is 12.0 Å². The van der Waals surface area contributed by atoms with Crippen LogP contribution in [0.25, 0.3) is 0 Å². The molecular weight excluding hydrogens is 266 g/mol. The van der Waals surface area contributed by atoms with Crippen LogP contribution >= 0.6 is 0 Å². The first-order chi connectivity index (χ1) is 10.3. The van der Waals surface area contributed by atoms with Gasteiger partial charge < -0.3 is 14.4 Å². The second-order valence-corrected chi connectivity index (χ2v) is 5.86. The Labute approximate surface area is 126 Å². The minimum absolute atomic E-state index is 0.0945. The van der Waals surface area contributed by atoms with Gasteiger partial charge in [-0.1, -0.05) is 6.07 Å². The molecule has 21 heavy (non-hydrogen) atoms. The Morgan fingerprint density at radius 1 is 1.38 bits per heavy atom. The number of carbonyl (C=O) groups excluding carboxylic acids is 1. The largest absolute Gasteiger partial charge is 0.385 e. The van der Waals surface area contributed by atoms with Crippen LogP contribution in [0.4, 0.5) is 0 Å². The SMILES string of the molecule is COCC[C@H]1CN(C(=O)c2ccc3c(c2)CCC3)CCO1. The number of amides is 1. The molecule has 0 unspecified atom stereocenters. The van der Waals surface area contributed by atoms with Crippen molar-refractivity contribution in [1.82, 2.24) is 4.90 Å². The summed E-state index contributed by atoms with van der Waals surface area (Å²) in [4.78, 5) is 14.6. The van der Waals surface area contributed by atoms with Gasteiger partial charge in [0.2, 0.25) is 0 Å².